The smallest absolute Gasteiger partial charge is 0.0679 e. The lowest BCUT2D eigenvalue weighted by Crippen LogP contribution is -2.40. The summed E-state index contributed by atoms with van der Waals surface area (Å²) in [7, 11) is 0. The predicted molar refractivity (Wildman–Crippen MR) is 53.7 cm³/mol. The fourth-order valence-electron chi connectivity index (χ4n) is 1.70. The van der Waals surface area contributed by atoms with E-state index in [9.17, 15) is 0 Å². The highest BCUT2D eigenvalue weighted by Crippen LogP contribution is 2.30. The minimum absolute atomic E-state index is 0.176. The molecular weight excluding hydrogens is 160 g/mol. The Morgan fingerprint density at radius 1 is 1.31 bits per heavy atom. The zero-order valence-electron chi connectivity index (χ0n) is 8.12. The van der Waals surface area contributed by atoms with Crippen molar-refractivity contribution in [3.8, 4) is 0 Å². The van der Waals surface area contributed by atoms with Gasteiger partial charge in [-0.2, -0.15) is 0 Å². The van der Waals surface area contributed by atoms with E-state index in [1.54, 1.807) is 0 Å². The topological polar surface area (TPSA) is 9.23 Å². The van der Waals surface area contributed by atoms with Crippen LogP contribution in [0.25, 0.3) is 0 Å². The van der Waals surface area contributed by atoms with Crippen LogP contribution in [-0.4, -0.2) is 12.2 Å². The summed E-state index contributed by atoms with van der Waals surface area (Å²) in [6.45, 7) is 3.16. The fourth-order valence-corrected chi connectivity index (χ4v) is 1.70. The van der Waals surface area contributed by atoms with Crippen LogP contribution >= 0.6 is 0 Å². The Labute approximate surface area is 79.7 Å². The van der Waals surface area contributed by atoms with Crippen LogP contribution in [0.15, 0.2) is 30.3 Å². The number of hydrogen-bond acceptors (Lipinski definition) is 1. The van der Waals surface area contributed by atoms with Gasteiger partial charge in [-0.1, -0.05) is 30.3 Å². The second-order valence-electron chi connectivity index (χ2n) is 4.03. The minimum Gasteiger partial charge on any atom is -0.375 e. The molecule has 0 spiro atoms. The summed E-state index contributed by atoms with van der Waals surface area (Å²) in [5, 5.41) is 0. The van der Waals surface area contributed by atoms with Gasteiger partial charge >= 0.3 is 0 Å². The highest BCUT2D eigenvalue weighted by molar-refractivity contribution is 5.15. The summed E-state index contributed by atoms with van der Waals surface area (Å²) in [5.41, 5.74) is 1.59. The first-order valence-electron chi connectivity index (χ1n) is 4.96. The molecule has 13 heavy (non-hydrogen) atoms. The van der Waals surface area contributed by atoms with Crippen molar-refractivity contribution in [3.63, 3.8) is 0 Å². The summed E-state index contributed by atoms with van der Waals surface area (Å²) < 4.78 is 5.54. The Kier molecular flexibility index (Phi) is 2.36. The molecule has 0 N–H and O–H groups in total. The van der Waals surface area contributed by atoms with Gasteiger partial charge in [0.05, 0.1) is 12.2 Å². The molecule has 1 aromatic carbocycles. The van der Waals surface area contributed by atoms with Crippen molar-refractivity contribution >= 4 is 0 Å². The lowest BCUT2D eigenvalue weighted by atomic mass is 9.90. The summed E-state index contributed by atoms with van der Waals surface area (Å²) in [6.07, 6.45) is 3.51. The van der Waals surface area contributed by atoms with Crippen molar-refractivity contribution in [2.45, 2.75) is 31.8 Å². The molecule has 1 fully saturated rings. The second-order valence-corrected chi connectivity index (χ2v) is 4.03. The number of rotatable bonds is 3. The number of ether oxygens (including phenoxy) is 1. The molecule has 2 rings (SSSR count). The van der Waals surface area contributed by atoms with Gasteiger partial charge in [0.15, 0.2) is 0 Å². The van der Waals surface area contributed by atoms with Crippen molar-refractivity contribution < 1.29 is 4.74 Å². The van der Waals surface area contributed by atoms with Gasteiger partial charge in [0.2, 0.25) is 0 Å². The molecule has 0 bridgehead atoms. The number of benzene rings is 1. The molecule has 1 heterocycles. The largest absolute Gasteiger partial charge is 0.375 e. The van der Waals surface area contributed by atoms with Crippen molar-refractivity contribution in [2.24, 2.45) is 0 Å². The van der Waals surface area contributed by atoms with Crippen molar-refractivity contribution in [1.29, 1.82) is 0 Å². The Morgan fingerprint density at radius 3 is 2.54 bits per heavy atom. The van der Waals surface area contributed by atoms with Crippen LogP contribution in [-0.2, 0) is 11.2 Å². The van der Waals surface area contributed by atoms with Crippen LogP contribution in [0.5, 0.6) is 0 Å². The first-order chi connectivity index (χ1) is 6.29. The average Bonchev–Trinajstić information content (AvgIpc) is 2.13. The highest BCUT2D eigenvalue weighted by Gasteiger charge is 2.32. The van der Waals surface area contributed by atoms with Crippen molar-refractivity contribution in [2.75, 3.05) is 6.61 Å². The highest BCUT2D eigenvalue weighted by atomic mass is 16.5. The van der Waals surface area contributed by atoms with E-state index in [0.29, 0.717) is 0 Å². The maximum atomic E-state index is 5.54. The van der Waals surface area contributed by atoms with Gasteiger partial charge in [-0.05, 0) is 31.7 Å². The lowest BCUT2D eigenvalue weighted by molar-refractivity contribution is -0.137. The summed E-state index contributed by atoms with van der Waals surface area (Å²) in [6, 6.07) is 10.6. The molecule has 1 saturated heterocycles. The summed E-state index contributed by atoms with van der Waals surface area (Å²) >= 11 is 0. The molecule has 0 unspecified atom stereocenters. The molecule has 1 nitrogen and oxygen atoms in total. The first-order valence-corrected chi connectivity index (χ1v) is 4.96. The van der Waals surface area contributed by atoms with E-state index in [-0.39, 0.29) is 5.60 Å². The van der Waals surface area contributed by atoms with E-state index in [1.807, 2.05) is 0 Å². The Balaban J connectivity index is 1.86. The predicted octanol–water partition coefficient (Wildman–Crippen LogP) is 2.80. The third-order valence-electron chi connectivity index (χ3n) is 2.87. The van der Waals surface area contributed by atoms with E-state index in [0.717, 1.165) is 19.4 Å². The van der Waals surface area contributed by atoms with Crippen LogP contribution in [0, 0.1) is 0 Å². The molecule has 0 radical (unpaired) electrons. The maximum absolute atomic E-state index is 5.54. The van der Waals surface area contributed by atoms with E-state index in [4.69, 9.17) is 4.74 Å². The zero-order valence-corrected chi connectivity index (χ0v) is 8.12. The quantitative estimate of drug-likeness (QED) is 0.688. The molecule has 0 aliphatic carbocycles. The van der Waals surface area contributed by atoms with Gasteiger partial charge in [-0.15, -0.1) is 0 Å². The van der Waals surface area contributed by atoms with E-state index in [2.05, 4.69) is 37.3 Å². The minimum atomic E-state index is 0.176. The molecule has 0 saturated carbocycles. The molecule has 1 aromatic rings. The molecule has 1 heteroatoms. The van der Waals surface area contributed by atoms with Crippen LogP contribution in [0.4, 0.5) is 0 Å². The third-order valence-corrected chi connectivity index (χ3v) is 2.87. The SMILES string of the molecule is C[C@]1(CCc2ccccc2)CCO1. The summed E-state index contributed by atoms with van der Waals surface area (Å²) in [4.78, 5) is 0. The van der Waals surface area contributed by atoms with Crippen molar-refractivity contribution in [1.82, 2.24) is 0 Å². The van der Waals surface area contributed by atoms with E-state index in [1.165, 1.54) is 12.0 Å². The van der Waals surface area contributed by atoms with Gasteiger partial charge in [-0.3, -0.25) is 0 Å². The lowest BCUT2D eigenvalue weighted by Gasteiger charge is -2.38. The number of aryl methyl sites for hydroxylation is 1. The zero-order chi connectivity index (χ0) is 9.15. The Hall–Kier alpha value is -0.820. The van der Waals surface area contributed by atoms with Gasteiger partial charge in [0.1, 0.15) is 0 Å². The van der Waals surface area contributed by atoms with Gasteiger partial charge in [0.25, 0.3) is 0 Å². The molecular formula is C12H16O. The van der Waals surface area contributed by atoms with E-state index >= 15 is 0 Å². The molecule has 1 atom stereocenters. The van der Waals surface area contributed by atoms with Gasteiger partial charge < -0.3 is 4.74 Å². The van der Waals surface area contributed by atoms with Crippen LogP contribution < -0.4 is 0 Å². The maximum Gasteiger partial charge on any atom is 0.0679 e. The van der Waals surface area contributed by atoms with Crippen LogP contribution in [0.2, 0.25) is 0 Å². The van der Waals surface area contributed by atoms with E-state index < -0.39 is 0 Å². The van der Waals surface area contributed by atoms with Gasteiger partial charge in [0, 0.05) is 0 Å². The monoisotopic (exact) mass is 176 g/mol. The Morgan fingerprint density at radius 2 is 2.00 bits per heavy atom. The summed E-state index contributed by atoms with van der Waals surface area (Å²) in [5.74, 6) is 0. The number of hydrogen-bond donors (Lipinski definition) is 0. The van der Waals surface area contributed by atoms with Gasteiger partial charge in [-0.25, -0.2) is 0 Å². The first kappa shape index (κ1) is 8.76. The fraction of sp³-hybridized carbons (Fsp3) is 0.500. The molecule has 70 valence electrons. The molecule has 1 aliphatic heterocycles. The Bertz CT molecular complexity index is 262. The molecule has 1 aliphatic rings. The third kappa shape index (κ3) is 2.10. The van der Waals surface area contributed by atoms with Crippen LogP contribution in [0.3, 0.4) is 0 Å². The second kappa shape index (κ2) is 3.51. The molecule has 0 aromatic heterocycles. The normalized spacial score (nSPS) is 26.8. The van der Waals surface area contributed by atoms with Crippen molar-refractivity contribution in [3.05, 3.63) is 35.9 Å². The standard InChI is InChI=1S/C12H16O/c1-12(9-10-13-12)8-7-11-5-3-2-4-6-11/h2-6H,7-10H2,1H3/t12-/m0/s1. The molecule has 0 amide bonds. The van der Waals surface area contributed by atoms with Crippen LogP contribution in [0.1, 0.15) is 25.3 Å². The average molecular weight is 176 g/mol.